The minimum atomic E-state index is 0.502. The molecule has 0 atom stereocenters. The molecule has 3 aromatic heterocycles. The molecule has 4 rings (SSSR count). The van der Waals surface area contributed by atoms with Crippen molar-refractivity contribution in [3.8, 4) is 11.3 Å². The molecular weight excluding hydrogens is 312 g/mol. The number of rotatable bonds is 4. The van der Waals surface area contributed by atoms with Crippen molar-refractivity contribution in [2.75, 3.05) is 17.7 Å². The van der Waals surface area contributed by atoms with E-state index in [9.17, 15) is 0 Å². The van der Waals surface area contributed by atoms with Crippen LogP contribution in [-0.4, -0.2) is 27.2 Å². The fourth-order valence-electron chi connectivity index (χ4n) is 2.98. The third-order valence-corrected chi connectivity index (χ3v) is 4.17. The number of benzene rings is 1. The second kappa shape index (κ2) is 6.24. The van der Waals surface area contributed by atoms with E-state index in [0.717, 1.165) is 40.0 Å². The molecule has 0 aliphatic carbocycles. The van der Waals surface area contributed by atoms with E-state index < -0.39 is 0 Å². The number of H-pyrrole nitrogens is 1. The zero-order valence-corrected chi connectivity index (χ0v) is 13.8. The van der Waals surface area contributed by atoms with E-state index in [4.69, 9.17) is 5.73 Å². The highest BCUT2D eigenvalue weighted by Crippen LogP contribution is 2.30. The molecule has 0 unspecified atom stereocenters. The van der Waals surface area contributed by atoms with Gasteiger partial charge in [0.2, 0.25) is 0 Å². The Labute approximate surface area is 145 Å². The van der Waals surface area contributed by atoms with Crippen LogP contribution in [-0.2, 0) is 6.54 Å². The van der Waals surface area contributed by atoms with Gasteiger partial charge in [-0.2, -0.15) is 5.10 Å². The lowest BCUT2D eigenvalue weighted by molar-refractivity contribution is 0.919. The van der Waals surface area contributed by atoms with Gasteiger partial charge in [0, 0.05) is 54.9 Å². The minimum absolute atomic E-state index is 0.502. The first kappa shape index (κ1) is 15.1. The molecule has 124 valence electrons. The Kier molecular flexibility index (Phi) is 3.78. The van der Waals surface area contributed by atoms with Crippen molar-refractivity contribution in [2.24, 2.45) is 0 Å². The molecule has 3 N–H and O–H groups in total. The second-order valence-electron chi connectivity index (χ2n) is 5.99. The van der Waals surface area contributed by atoms with Crippen LogP contribution >= 0.6 is 0 Å². The van der Waals surface area contributed by atoms with Crippen molar-refractivity contribution in [1.29, 1.82) is 0 Å². The van der Waals surface area contributed by atoms with Gasteiger partial charge in [-0.25, -0.2) is 4.98 Å². The van der Waals surface area contributed by atoms with Crippen LogP contribution in [0.15, 0.2) is 61.1 Å². The first-order valence-electron chi connectivity index (χ1n) is 8.01. The molecule has 25 heavy (non-hydrogen) atoms. The van der Waals surface area contributed by atoms with Crippen LogP contribution in [0, 0.1) is 0 Å². The van der Waals surface area contributed by atoms with E-state index >= 15 is 0 Å². The maximum absolute atomic E-state index is 6.05. The Morgan fingerprint density at radius 3 is 2.80 bits per heavy atom. The molecule has 0 aliphatic heterocycles. The van der Waals surface area contributed by atoms with Crippen molar-refractivity contribution >= 4 is 22.4 Å². The summed E-state index contributed by atoms with van der Waals surface area (Å²) < 4.78 is 0. The van der Waals surface area contributed by atoms with Gasteiger partial charge in [0.1, 0.15) is 5.82 Å². The molecule has 0 fully saturated rings. The van der Waals surface area contributed by atoms with E-state index in [1.165, 1.54) is 0 Å². The van der Waals surface area contributed by atoms with Crippen molar-refractivity contribution in [2.45, 2.75) is 6.54 Å². The van der Waals surface area contributed by atoms with Crippen molar-refractivity contribution < 1.29 is 0 Å². The summed E-state index contributed by atoms with van der Waals surface area (Å²) in [4.78, 5) is 10.8. The summed E-state index contributed by atoms with van der Waals surface area (Å²) in [7, 11) is 2.05. The summed E-state index contributed by atoms with van der Waals surface area (Å²) in [5, 5.41) is 8.04. The number of nitrogens with one attached hydrogen (secondary N) is 1. The predicted octanol–water partition coefficient (Wildman–Crippen LogP) is 3.24. The Morgan fingerprint density at radius 1 is 1.12 bits per heavy atom. The molecule has 0 spiro atoms. The Bertz CT molecular complexity index is 995. The third kappa shape index (κ3) is 3.01. The molecule has 3 heterocycles. The number of hydrogen-bond acceptors (Lipinski definition) is 5. The largest absolute Gasteiger partial charge is 0.384 e. The zero-order valence-electron chi connectivity index (χ0n) is 13.8. The van der Waals surface area contributed by atoms with Gasteiger partial charge in [0.25, 0.3) is 0 Å². The summed E-state index contributed by atoms with van der Waals surface area (Å²) in [6.45, 7) is 0.745. The average Bonchev–Trinajstić information content (AvgIpc) is 3.16. The third-order valence-electron chi connectivity index (χ3n) is 4.17. The number of fused-ring (bicyclic) bond motifs is 1. The molecule has 0 aliphatic rings. The smallest absolute Gasteiger partial charge is 0.126 e. The highest BCUT2D eigenvalue weighted by molar-refractivity contribution is 5.95. The van der Waals surface area contributed by atoms with Gasteiger partial charge in [-0.3, -0.25) is 10.1 Å². The van der Waals surface area contributed by atoms with E-state index in [0.29, 0.717) is 5.82 Å². The number of aromatic nitrogens is 4. The predicted molar refractivity (Wildman–Crippen MR) is 100 cm³/mol. The van der Waals surface area contributed by atoms with Crippen LogP contribution in [0.3, 0.4) is 0 Å². The molecule has 6 nitrogen and oxygen atoms in total. The standard InChI is InChI=1S/C19H18N6/c1-25(12-13-3-2-7-21-11-13)18-10-19(20)23-17-9-14(4-5-15(17)18)16-6-8-22-24-16/h2-11H,12H2,1H3,(H2,20,23)(H,22,24). The topological polar surface area (TPSA) is 83.7 Å². The fourth-order valence-corrected chi connectivity index (χ4v) is 2.98. The Hall–Kier alpha value is -3.41. The summed E-state index contributed by atoms with van der Waals surface area (Å²) >= 11 is 0. The lowest BCUT2D eigenvalue weighted by Gasteiger charge is -2.21. The van der Waals surface area contributed by atoms with Crippen LogP contribution in [0.25, 0.3) is 22.2 Å². The summed E-state index contributed by atoms with van der Waals surface area (Å²) in [5.74, 6) is 0.502. The number of hydrogen-bond donors (Lipinski definition) is 2. The van der Waals surface area contributed by atoms with Crippen LogP contribution in [0.1, 0.15) is 5.56 Å². The maximum atomic E-state index is 6.05. The number of anilines is 2. The Balaban J connectivity index is 1.76. The molecule has 0 amide bonds. The molecule has 0 bridgehead atoms. The number of nitrogens with zero attached hydrogens (tertiary/aromatic N) is 4. The molecular formula is C19H18N6. The molecule has 0 saturated carbocycles. The van der Waals surface area contributed by atoms with Gasteiger partial charge in [-0.05, 0) is 23.8 Å². The lowest BCUT2D eigenvalue weighted by atomic mass is 10.1. The van der Waals surface area contributed by atoms with Crippen molar-refractivity contribution in [3.05, 3.63) is 66.6 Å². The highest BCUT2D eigenvalue weighted by Gasteiger charge is 2.11. The average molecular weight is 330 g/mol. The normalized spacial score (nSPS) is 10.9. The van der Waals surface area contributed by atoms with Gasteiger partial charge in [0.05, 0.1) is 11.2 Å². The lowest BCUT2D eigenvalue weighted by Crippen LogP contribution is -2.17. The summed E-state index contributed by atoms with van der Waals surface area (Å²) in [6.07, 6.45) is 5.39. The van der Waals surface area contributed by atoms with Crippen LogP contribution < -0.4 is 10.6 Å². The Morgan fingerprint density at radius 2 is 2.04 bits per heavy atom. The van der Waals surface area contributed by atoms with E-state index in [1.54, 1.807) is 12.4 Å². The van der Waals surface area contributed by atoms with Crippen molar-refractivity contribution in [1.82, 2.24) is 20.2 Å². The summed E-state index contributed by atoms with van der Waals surface area (Å²) in [6, 6.07) is 14.0. The molecule has 4 aromatic rings. The van der Waals surface area contributed by atoms with Crippen LogP contribution in [0.2, 0.25) is 0 Å². The van der Waals surface area contributed by atoms with E-state index in [-0.39, 0.29) is 0 Å². The van der Waals surface area contributed by atoms with Gasteiger partial charge >= 0.3 is 0 Å². The van der Waals surface area contributed by atoms with E-state index in [2.05, 4.69) is 43.3 Å². The van der Waals surface area contributed by atoms with Gasteiger partial charge < -0.3 is 10.6 Å². The SMILES string of the molecule is CN(Cc1cccnc1)c1cc(N)nc2cc(-c3ccn[nH]3)ccc12. The highest BCUT2D eigenvalue weighted by atomic mass is 15.1. The first-order chi connectivity index (χ1) is 12.2. The monoisotopic (exact) mass is 330 g/mol. The molecule has 0 radical (unpaired) electrons. The summed E-state index contributed by atoms with van der Waals surface area (Å²) in [5.41, 5.74) is 11.1. The van der Waals surface area contributed by atoms with Gasteiger partial charge in [-0.1, -0.05) is 18.2 Å². The quantitative estimate of drug-likeness (QED) is 0.600. The number of aromatic amines is 1. The van der Waals surface area contributed by atoms with Gasteiger partial charge in [-0.15, -0.1) is 0 Å². The maximum Gasteiger partial charge on any atom is 0.126 e. The minimum Gasteiger partial charge on any atom is -0.384 e. The van der Waals surface area contributed by atoms with Crippen molar-refractivity contribution in [3.63, 3.8) is 0 Å². The number of nitrogen functional groups attached to an aromatic ring is 1. The molecule has 0 saturated heterocycles. The zero-order chi connectivity index (χ0) is 17.2. The molecule has 1 aromatic carbocycles. The van der Waals surface area contributed by atoms with Crippen LogP contribution in [0.4, 0.5) is 11.5 Å². The van der Waals surface area contributed by atoms with E-state index in [1.807, 2.05) is 37.5 Å². The number of pyridine rings is 2. The van der Waals surface area contributed by atoms with Gasteiger partial charge in [0.15, 0.2) is 0 Å². The second-order valence-corrected chi connectivity index (χ2v) is 5.99. The number of nitrogens with two attached hydrogens (primary N) is 1. The van der Waals surface area contributed by atoms with Crippen LogP contribution in [0.5, 0.6) is 0 Å². The molecule has 6 heteroatoms. The first-order valence-corrected chi connectivity index (χ1v) is 8.01. The fraction of sp³-hybridized carbons (Fsp3) is 0.105.